The van der Waals surface area contributed by atoms with Crippen molar-refractivity contribution in [3.63, 3.8) is 0 Å². The maximum atomic E-state index is 5.36. The lowest BCUT2D eigenvalue weighted by Gasteiger charge is -2.07. The van der Waals surface area contributed by atoms with E-state index in [0.717, 1.165) is 11.1 Å². The minimum absolute atomic E-state index is 0.710. The van der Waals surface area contributed by atoms with E-state index in [4.69, 9.17) is 5.84 Å². The molecule has 1 aromatic rings. The fourth-order valence-electron chi connectivity index (χ4n) is 1.11. The summed E-state index contributed by atoms with van der Waals surface area (Å²) in [5.41, 5.74) is 4.64. The topological polar surface area (TPSA) is 63.3 Å². The molecule has 0 radical (unpaired) electrons. The van der Waals surface area contributed by atoms with Crippen LogP contribution >= 0.6 is 0 Å². The monoisotopic (exact) mass is 178 g/mol. The first-order valence-electron chi connectivity index (χ1n) is 4.21. The zero-order valence-corrected chi connectivity index (χ0v) is 7.91. The van der Waals surface area contributed by atoms with Gasteiger partial charge in [0.2, 0.25) is 0 Å². The van der Waals surface area contributed by atoms with Gasteiger partial charge in [-0.05, 0) is 25.5 Å². The second kappa shape index (κ2) is 4.57. The summed E-state index contributed by atoms with van der Waals surface area (Å²) in [6.07, 6.45) is 3.52. The van der Waals surface area contributed by atoms with Gasteiger partial charge >= 0.3 is 0 Å². The lowest BCUT2D eigenvalue weighted by Crippen LogP contribution is -2.31. The van der Waals surface area contributed by atoms with Gasteiger partial charge in [-0.15, -0.1) is 0 Å². The summed E-state index contributed by atoms with van der Waals surface area (Å²) >= 11 is 0. The molecule has 0 saturated heterocycles. The number of nitrogens with one attached hydrogen (secondary N) is 1. The van der Waals surface area contributed by atoms with Crippen LogP contribution in [0.15, 0.2) is 23.5 Å². The normalized spacial score (nSPS) is 11.5. The third-order valence-corrected chi connectivity index (χ3v) is 1.73. The highest BCUT2D eigenvalue weighted by molar-refractivity contribution is 5.99. The third kappa shape index (κ3) is 2.26. The second-order valence-electron chi connectivity index (χ2n) is 2.66. The molecule has 0 aliphatic heterocycles. The van der Waals surface area contributed by atoms with Gasteiger partial charge in [-0.25, -0.2) is 5.84 Å². The Bertz CT molecular complexity index is 306. The lowest BCUT2D eigenvalue weighted by molar-refractivity contribution is 0.987. The van der Waals surface area contributed by atoms with E-state index in [1.807, 2.05) is 19.9 Å². The molecule has 0 amide bonds. The van der Waals surface area contributed by atoms with Crippen molar-refractivity contribution >= 4 is 5.84 Å². The molecule has 13 heavy (non-hydrogen) atoms. The van der Waals surface area contributed by atoms with Crippen LogP contribution in [-0.2, 0) is 0 Å². The van der Waals surface area contributed by atoms with E-state index in [-0.39, 0.29) is 0 Å². The Morgan fingerprint density at radius 2 is 2.46 bits per heavy atom. The molecule has 0 unspecified atom stereocenters. The van der Waals surface area contributed by atoms with Crippen LogP contribution in [0.1, 0.15) is 18.1 Å². The van der Waals surface area contributed by atoms with E-state index >= 15 is 0 Å². The molecule has 4 nitrogen and oxygen atoms in total. The van der Waals surface area contributed by atoms with Crippen LogP contribution in [-0.4, -0.2) is 17.4 Å². The van der Waals surface area contributed by atoms with E-state index in [2.05, 4.69) is 15.4 Å². The van der Waals surface area contributed by atoms with E-state index < -0.39 is 0 Å². The van der Waals surface area contributed by atoms with Crippen molar-refractivity contribution in [2.45, 2.75) is 13.8 Å². The molecular formula is C9H14N4. The predicted molar refractivity (Wildman–Crippen MR) is 53.4 cm³/mol. The van der Waals surface area contributed by atoms with E-state index in [1.54, 1.807) is 12.4 Å². The van der Waals surface area contributed by atoms with Crippen molar-refractivity contribution in [3.05, 3.63) is 29.6 Å². The first kappa shape index (κ1) is 9.67. The fraction of sp³-hybridized carbons (Fsp3) is 0.333. The summed E-state index contributed by atoms with van der Waals surface area (Å²) in [5.74, 6) is 6.07. The summed E-state index contributed by atoms with van der Waals surface area (Å²) in [4.78, 5) is 8.22. The van der Waals surface area contributed by atoms with Crippen LogP contribution in [0.25, 0.3) is 0 Å². The number of hydrogen-bond donors (Lipinski definition) is 2. The van der Waals surface area contributed by atoms with Gasteiger partial charge in [0.1, 0.15) is 5.84 Å². The predicted octanol–water partition coefficient (Wildman–Crippen LogP) is 0.620. The van der Waals surface area contributed by atoms with Crippen molar-refractivity contribution in [3.8, 4) is 0 Å². The second-order valence-corrected chi connectivity index (χ2v) is 2.66. The molecule has 0 aliphatic rings. The molecule has 3 N–H and O–H groups in total. The third-order valence-electron chi connectivity index (χ3n) is 1.73. The molecule has 0 atom stereocenters. The number of nitrogens with two attached hydrogens (primary N) is 1. The highest BCUT2D eigenvalue weighted by Gasteiger charge is 2.03. The van der Waals surface area contributed by atoms with Crippen LogP contribution in [0, 0.1) is 6.92 Å². The number of aromatic nitrogens is 1. The van der Waals surface area contributed by atoms with Crippen LogP contribution in [0.3, 0.4) is 0 Å². The number of aliphatic imine (C=N–C) groups is 1. The molecule has 0 aromatic carbocycles. The Morgan fingerprint density at radius 1 is 1.69 bits per heavy atom. The van der Waals surface area contributed by atoms with Crippen LogP contribution in [0.5, 0.6) is 0 Å². The van der Waals surface area contributed by atoms with E-state index in [0.29, 0.717) is 12.4 Å². The van der Waals surface area contributed by atoms with Crippen molar-refractivity contribution < 1.29 is 0 Å². The Morgan fingerprint density at radius 3 is 3.00 bits per heavy atom. The highest BCUT2D eigenvalue weighted by atomic mass is 15.2. The van der Waals surface area contributed by atoms with Crippen molar-refractivity contribution in [1.29, 1.82) is 0 Å². The average Bonchev–Trinajstić information content (AvgIpc) is 2.16. The molecule has 0 fully saturated rings. The number of hydrazine groups is 1. The SMILES string of the molecule is CCN=C(NN)c1ccncc1C. The molecular weight excluding hydrogens is 164 g/mol. The van der Waals surface area contributed by atoms with Crippen LogP contribution in [0.2, 0.25) is 0 Å². The van der Waals surface area contributed by atoms with Gasteiger partial charge in [-0.1, -0.05) is 0 Å². The zero-order chi connectivity index (χ0) is 9.68. The van der Waals surface area contributed by atoms with Crippen molar-refractivity contribution in [2.75, 3.05) is 6.54 Å². The molecule has 70 valence electrons. The fourth-order valence-corrected chi connectivity index (χ4v) is 1.11. The number of amidine groups is 1. The standard InChI is InChI=1S/C9H14N4/c1-3-12-9(13-10)8-4-5-11-6-7(8)2/h4-6H,3,10H2,1-2H3,(H,12,13). The zero-order valence-electron chi connectivity index (χ0n) is 7.91. The Balaban J connectivity index is 3.05. The summed E-state index contributed by atoms with van der Waals surface area (Å²) in [7, 11) is 0. The molecule has 1 rings (SSSR count). The van der Waals surface area contributed by atoms with Gasteiger partial charge in [0.15, 0.2) is 0 Å². The summed E-state index contributed by atoms with van der Waals surface area (Å²) in [6.45, 7) is 4.65. The number of pyridine rings is 1. The van der Waals surface area contributed by atoms with Gasteiger partial charge in [0.25, 0.3) is 0 Å². The van der Waals surface area contributed by atoms with Gasteiger partial charge in [-0.3, -0.25) is 9.98 Å². The Labute approximate surface area is 77.9 Å². The largest absolute Gasteiger partial charge is 0.308 e. The molecule has 1 heterocycles. The summed E-state index contributed by atoms with van der Waals surface area (Å²) in [6, 6.07) is 1.89. The summed E-state index contributed by atoms with van der Waals surface area (Å²) in [5, 5.41) is 0. The van der Waals surface area contributed by atoms with Crippen LogP contribution in [0.4, 0.5) is 0 Å². The number of hydrogen-bond acceptors (Lipinski definition) is 3. The molecule has 1 aromatic heterocycles. The van der Waals surface area contributed by atoms with Crippen molar-refractivity contribution in [2.24, 2.45) is 10.8 Å². The maximum Gasteiger partial charge on any atom is 0.142 e. The first-order chi connectivity index (χ1) is 6.29. The molecule has 0 aliphatic carbocycles. The maximum absolute atomic E-state index is 5.36. The molecule has 4 heteroatoms. The number of aryl methyl sites for hydroxylation is 1. The van der Waals surface area contributed by atoms with E-state index in [1.165, 1.54) is 0 Å². The number of rotatable bonds is 2. The molecule has 0 bridgehead atoms. The van der Waals surface area contributed by atoms with Gasteiger partial charge in [0, 0.05) is 24.5 Å². The Hall–Kier alpha value is -1.42. The van der Waals surface area contributed by atoms with Crippen LogP contribution < -0.4 is 11.3 Å². The number of nitrogens with zero attached hydrogens (tertiary/aromatic N) is 2. The van der Waals surface area contributed by atoms with Gasteiger partial charge in [-0.2, -0.15) is 0 Å². The van der Waals surface area contributed by atoms with Gasteiger partial charge in [0.05, 0.1) is 0 Å². The Kier molecular flexibility index (Phi) is 3.40. The molecule has 0 saturated carbocycles. The highest BCUT2D eigenvalue weighted by Crippen LogP contribution is 2.04. The average molecular weight is 178 g/mol. The van der Waals surface area contributed by atoms with Gasteiger partial charge < -0.3 is 5.43 Å². The lowest BCUT2D eigenvalue weighted by atomic mass is 10.1. The quantitative estimate of drug-likeness (QED) is 0.302. The minimum atomic E-state index is 0.710. The summed E-state index contributed by atoms with van der Waals surface area (Å²) < 4.78 is 0. The van der Waals surface area contributed by atoms with E-state index in [9.17, 15) is 0 Å². The van der Waals surface area contributed by atoms with Crippen molar-refractivity contribution in [1.82, 2.24) is 10.4 Å². The minimum Gasteiger partial charge on any atom is -0.308 e. The molecule has 0 spiro atoms. The smallest absolute Gasteiger partial charge is 0.142 e. The first-order valence-corrected chi connectivity index (χ1v) is 4.21.